The van der Waals surface area contributed by atoms with Gasteiger partial charge in [0, 0.05) is 23.7 Å². The van der Waals surface area contributed by atoms with Crippen molar-refractivity contribution >= 4 is 63.1 Å². The number of benzene rings is 2. The van der Waals surface area contributed by atoms with Crippen LogP contribution in [0.1, 0.15) is 20.8 Å². The molecule has 3 rings (SSSR count). The molecule has 1 aromatic heterocycles. The Bertz CT molecular complexity index is 1260. The number of nitrogens with zero attached hydrogens (tertiary/aromatic N) is 3. The van der Waals surface area contributed by atoms with E-state index in [-0.39, 0.29) is 27.9 Å². The Morgan fingerprint density at radius 1 is 1.22 bits per heavy atom. The molecule has 0 spiro atoms. The van der Waals surface area contributed by atoms with Gasteiger partial charge in [-0.1, -0.05) is 48.8 Å². The van der Waals surface area contributed by atoms with Gasteiger partial charge in [0.15, 0.2) is 5.16 Å². The zero-order valence-electron chi connectivity index (χ0n) is 17.5. The summed E-state index contributed by atoms with van der Waals surface area (Å²) >= 11 is 13.3. The molecule has 1 atom stereocenters. The fraction of sp³-hybridized carbons (Fsp3) is 0.286. The molecule has 0 saturated heterocycles. The largest absolute Gasteiger partial charge is 0.324 e. The van der Waals surface area contributed by atoms with Crippen molar-refractivity contribution in [1.82, 2.24) is 9.55 Å². The van der Waals surface area contributed by atoms with Crippen LogP contribution >= 0.6 is 35.0 Å². The van der Waals surface area contributed by atoms with E-state index in [9.17, 15) is 19.7 Å². The first-order chi connectivity index (χ1) is 15.1. The minimum atomic E-state index is -0.674. The number of rotatable bonds is 7. The number of nitro benzene ring substituents is 1. The summed E-state index contributed by atoms with van der Waals surface area (Å²) in [5.41, 5.74) is 0.177. The number of thioether (sulfide) groups is 1. The summed E-state index contributed by atoms with van der Waals surface area (Å²) in [6.45, 7) is 6.04. The summed E-state index contributed by atoms with van der Waals surface area (Å²) < 4.78 is 1.55. The number of anilines is 1. The molecule has 0 aliphatic heterocycles. The first-order valence-corrected chi connectivity index (χ1v) is 11.3. The second kappa shape index (κ2) is 9.89. The third-order valence-electron chi connectivity index (χ3n) is 4.50. The van der Waals surface area contributed by atoms with Crippen LogP contribution in [0.4, 0.5) is 11.4 Å². The third kappa shape index (κ3) is 5.40. The highest BCUT2D eigenvalue weighted by molar-refractivity contribution is 8.00. The van der Waals surface area contributed by atoms with Crippen LogP contribution in [-0.4, -0.2) is 25.6 Å². The fourth-order valence-corrected chi connectivity index (χ4v) is 4.21. The summed E-state index contributed by atoms with van der Waals surface area (Å²) in [6, 6.07) is 8.68. The predicted octanol–water partition coefficient (Wildman–Crippen LogP) is 5.39. The molecule has 0 fully saturated rings. The van der Waals surface area contributed by atoms with E-state index < -0.39 is 16.1 Å². The molecule has 0 radical (unpaired) electrons. The van der Waals surface area contributed by atoms with Gasteiger partial charge in [0.25, 0.3) is 11.2 Å². The number of fused-ring (bicyclic) bond motifs is 1. The lowest BCUT2D eigenvalue weighted by molar-refractivity contribution is -0.384. The first kappa shape index (κ1) is 24.0. The van der Waals surface area contributed by atoms with Crippen LogP contribution in [0.25, 0.3) is 10.9 Å². The Hall–Kier alpha value is -2.62. The van der Waals surface area contributed by atoms with Gasteiger partial charge >= 0.3 is 0 Å². The van der Waals surface area contributed by atoms with Gasteiger partial charge in [0.2, 0.25) is 5.91 Å². The van der Waals surface area contributed by atoms with Crippen molar-refractivity contribution in [2.45, 2.75) is 37.7 Å². The number of nitrogens with one attached hydrogen (secondary N) is 1. The van der Waals surface area contributed by atoms with Crippen molar-refractivity contribution in [2.75, 3.05) is 5.32 Å². The highest BCUT2D eigenvalue weighted by atomic mass is 35.5. The van der Waals surface area contributed by atoms with Crippen LogP contribution in [0.15, 0.2) is 46.3 Å². The fourth-order valence-electron chi connectivity index (χ4n) is 2.96. The number of halogens is 2. The van der Waals surface area contributed by atoms with Gasteiger partial charge in [-0.15, -0.1) is 0 Å². The highest BCUT2D eigenvalue weighted by Crippen LogP contribution is 2.29. The van der Waals surface area contributed by atoms with E-state index in [0.717, 1.165) is 11.8 Å². The third-order valence-corrected chi connectivity index (χ3v) is 6.15. The standard InChI is InChI=1S/C21H20Cl2N4O4S/c1-11(2)10-26-20(29)15-6-4-13(22)8-17(15)25-21(26)32-12(3)19(28)24-18-9-14(27(30)31)5-7-16(18)23/h4-9,11-12H,10H2,1-3H3,(H,24,28). The smallest absolute Gasteiger partial charge is 0.271 e. The zero-order chi connectivity index (χ0) is 23.6. The van der Waals surface area contributed by atoms with Crippen LogP contribution in [0, 0.1) is 16.0 Å². The topological polar surface area (TPSA) is 107 Å². The summed E-state index contributed by atoms with van der Waals surface area (Å²) in [5, 5.41) is 14.4. The molecular formula is C21H20Cl2N4O4S. The van der Waals surface area contributed by atoms with Gasteiger partial charge in [-0.05, 0) is 37.1 Å². The second-order valence-corrected chi connectivity index (χ2v) is 9.69. The van der Waals surface area contributed by atoms with Crippen molar-refractivity contribution in [3.63, 3.8) is 0 Å². The Kier molecular flexibility index (Phi) is 7.43. The van der Waals surface area contributed by atoms with Gasteiger partial charge in [-0.2, -0.15) is 0 Å². The maximum atomic E-state index is 13.1. The molecule has 1 N–H and O–H groups in total. The Labute approximate surface area is 198 Å². The molecule has 1 amide bonds. The first-order valence-electron chi connectivity index (χ1n) is 9.68. The van der Waals surface area contributed by atoms with Crippen molar-refractivity contribution < 1.29 is 9.72 Å². The van der Waals surface area contributed by atoms with Crippen molar-refractivity contribution in [1.29, 1.82) is 0 Å². The number of carbonyl (C=O) groups excluding carboxylic acids is 1. The molecule has 1 unspecified atom stereocenters. The molecule has 0 aliphatic carbocycles. The molecule has 3 aromatic rings. The van der Waals surface area contributed by atoms with E-state index in [1.54, 1.807) is 29.7 Å². The van der Waals surface area contributed by atoms with Gasteiger partial charge < -0.3 is 5.32 Å². The summed E-state index contributed by atoms with van der Waals surface area (Å²) in [5.74, 6) is -0.264. The maximum Gasteiger partial charge on any atom is 0.271 e. The van der Waals surface area contributed by atoms with Crippen molar-refractivity contribution in [3.8, 4) is 0 Å². The monoisotopic (exact) mass is 494 g/mol. The summed E-state index contributed by atoms with van der Waals surface area (Å²) in [4.78, 5) is 40.9. The van der Waals surface area contributed by atoms with Crippen LogP contribution in [-0.2, 0) is 11.3 Å². The van der Waals surface area contributed by atoms with E-state index in [1.165, 1.54) is 18.2 Å². The molecule has 0 saturated carbocycles. The minimum Gasteiger partial charge on any atom is -0.324 e. The molecule has 32 heavy (non-hydrogen) atoms. The zero-order valence-corrected chi connectivity index (χ0v) is 19.8. The molecule has 168 valence electrons. The quantitative estimate of drug-likeness (QED) is 0.204. The van der Waals surface area contributed by atoms with Crippen LogP contribution in [0.2, 0.25) is 10.0 Å². The normalized spacial score (nSPS) is 12.2. The molecule has 2 aromatic carbocycles. The second-order valence-electron chi connectivity index (χ2n) is 7.54. The van der Waals surface area contributed by atoms with Gasteiger partial charge in [-0.25, -0.2) is 4.98 Å². The van der Waals surface area contributed by atoms with E-state index in [4.69, 9.17) is 23.2 Å². The summed E-state index contributed by atoms with van der Waals surface area (Å²) in [6.07, 6.45) is 0. The van der Waals surface area contributed by atoms with E-state index in [2.05, 4.69) is 10.3 Å². The number of carbonyl (C=O) groups is 1. The number of amides is 1. The predicted molar refractivity (Wildman–Crippen MR) is 128 cm³/mol. The lowest BCUT2D eigenvalue weighted by Crippen LogP contribution is -2.28. The minimum absolute atomic E-state index is 0.135. The number of hydrogen-bond donors (Lipinski definition) is 1. The van der Waals surface area contributed by atoms with Gasteiger partial charge in [0.05, 0.1) is 31.8 Å². The van der Waals surface area contributed by atoms with Gasteiger partial charge in [-0.3, -0.25) is 24.3 Å². The lowest BCUT2D eigenvalue weighted by atomic mass is 10.2. The summed E-state index contributed by atoms with van der Waals surface area (Å²) in [7, 11) is 0. The number of hydrogen-bond acceptors (Lipinski definition) is 6. The van der Waals surface area contributed by atoms with E-state index >= 15 is 0 Å². The van der Waals surface area contributed by atoms with E-state index in [1.807, 2.05) is 13.8 Å². The Balaban J connectivity index is 1.92. The lowest BCUT2D eigenvalue weighted by Gasteiger charge is -2.18. The van der Waals surface area contributed by atoms with E-state index in [0.29, 0.717) is 27.6 Å². The Morgan fingerprint density at radius 3 is 2.59 bits per heavy atom. The average Bonchev–Trinajstić information content (AvgIpc) is 2.71. The van der Waals surface area contributed by atoms with Crippen molar-refractivity contribution in [2.24, 2.45) is 5.92 Å². The Morgan fingerprint density at radius 2 is 1.94 bits per heavy atom. The van der Waals surface area contributed by atoms with Crippen LogP contribution < -0.4 is 10.9 Å². The SMILES string of the molecule is CC(C)Cn1c(SC(C)C(=O)Nc2cc([N+](=O)[O-])ccc2Cl)nc2cc(Cl)ccc2c1=O. The van der Waals surface area contributed by atoms with Crippen molar-refractivity contribution in [3.05, 3.63) is 66.9 Å². The number of non-ortho nitro benzene ring substituents is 1. The van der Waals surface area contributed by atoms with Crippen LogP contribution in [0.5, 0.6) is 0 Å². The molecule has 0 aliphatic rings. The highest BCUT2D eigenvalue weighted by Gasteiger charge is 2.21. The maximum absolute atomic E-state index is 13.1. The molecular weight excluding hydrogens is 475 g/mol. The number of aromatic nitrogens is 2. The van der Waals surface area contributed by atoms with Crippen LogP contribution in [0.3, 0.4) is 0 Å². The average molecular weight is 495 g/mol. The molecule has 11 heteroatoms. The van der Waals surface area contributed by atoms with Gasteiger partial charge in [0.1, 0.15) is 0 Å². The molecule has 8 nitrogen and oxygen atoms in total. The number of nitro groups is 1. The molecule has 0 bridgehead atoms. The molecule has 1 heterocycles.